The lowest BCUT2D eigenvalue weighted by atomic mass is 10.0. The Morgan fingerprint density at radius 3 is 2.63 bits per heavy atom. The van der Waals surface area contributed by atoms with Gasteiger partial charge in [-0.2, -0.15) is 4.68 Å². The van der Waals surface area contributed by atoms with E-state index in [1.54, 1.807) is 0 Å². The van der Waals surface area contributed by atoms with E-state index in [0.29, 0.717) is 19.8 Å². The Balaban J connectivity index is 2.25. The summed E-state index contributed by atoms with van der Waals surface area (Å²) in [6.45, 7) is 1.69. The summed E-state index contributed by atoms with van der Waals surface area (Å²) < 4.78 is 29.0. The molecule has 19 heavy (non-hydrogen) atoms. The van der Waals surface area contributed by atoms with Gasteiger partial charge in [0.2, 0.25) is 14.9 Å². The summed E-state index contributed by atoms with van der Waals surface area (Å²) in [7, 11) is -4.15. The summed E-state index contributed by atoms with van der Waals surface area (Å²) in [5.74, 6) is -0.462. The third-order valence-corrected chi connectivity index (χ3v) is 3.88. The van der Waals surface area contributed by atoms with E-state index < -0.39 is 25.7 Å². The van der Waals surface area contributed by atoms with E-state index in [1.807, 2.05) is 0 Å². The molecule has 2 heterocycles. The second-order valence-electron chi connectivity index (χ2n) is 4.40. The maximum absolute atomic E-state index is 11.3. The van der Waals surface area contributed by atoms with Crippen molar-refractivity contribution >= 4 is 15.8 Å². The maximum Gasteiger partial charge on any atom is 0.410 e. The molecule has 1 aliphatic heterocycles. The molecular weight excluding hydrogens is 276 g/mol. The van der Waals surface area contributed by atoms with E-state index in [4.69, 9.17) is 9.88 Å². The largest absolute Gasteiger partial charge is 0.410 e. The first kappa shape index (κ1) is 13.9. The van der Waals surface area contributed by atoms with E-state index in [2.05, 4.69) is 5.10 Å². The number of aromatic nitrogens is 2. The number of nitrogens with zero attached hydrogens (tertiary/aromatic N) is 3. The zero-order valence-electron chi connectivity index (χ0n) is 10.1. The molecule has 0 atom stereocenters. The highest BCUT2D eigenvalue weighted by molar-refractivity contribution is 7.89. The highest BCUT2D eigenvalue weighted by Gasteiger charge is 2.29. The minimum absolute atomic E-state index is 0.265. The molecule has 1 aliphatic rings. The van der Waals surface area contributed by atoms with Gasteiger partial charge >= 0.3 is 5.82 Å². The Kier molecular flexibility index (Phi) is 3.83. The van der Waals surface area contributed by atoms with Crippen LogP contribution in [0.1, 0.15) is 12.8 Å². The van der Waals surface area contributed by atoms with Crippen molar-refractivity contribution in [2.45, 2.75) is 24.3 Å². The first-order chi connectivity index (χ1) is 8.88. The number of hydrogen-bond acceptors (Lipinski definition) is 6. The average Bonchev–Trinajstić information content (AvgIpc) is 2.74. The Morgan fingerprint density at radius 1 is 1.53 bits per heavy atom. The highest BCUT2D eigenvalue weighted by Crippen LogP contribution is 2.22. The first-order valence-electron chi connectivity index (χ1n) is 5.70. The molecule has 0 amide bonds. The number of rotatable bonds is 4. The van der Waals surface area contributed by atoms with Gasteiger partial charge in [-0.15, -0.1) is 0 Å². The van der Waals surface area contributed by atoms with Crippen LogP contribution in [0, 0.1) is 16.0 Å². The van der Waals surface area contributed by atoms with Crippen LogP contribution in [0.25, 0.3) is 0 Å². The van der Waals surface area contributed by atoms with Crippen LogP contribution in [0.15, 0.2) is 11.1 Å². The molecule has 0 aromatic carbocycles. The smallest absolute Gasteiger partial charge is 0.381 e. The van der Waals surface area contributed by atoms with Crippen LogP contribution in [0.4, 0.5) is 5.82 Å². The fraction of sp³-hybridized carbons (Fsp3) is 0.667. The summed E-state index contributed by atoms with van der Waals surface area (Å²) in [6, 6.07) is 0. The van der Waals surface area contributed by atoms with Crippen molar-refractivity contribution in [3.05, 3.63) is 16.3 Å². The molecular formula is C9H14N4O5S. The van der Waals surface area contributed by atoms with E-state index in [0.717, 1.165) is 19.0 Å². The van der Waals surface area contributed by atoms with E-state index in [-0.39, 0.29) is 5.92 Å². The number of nitrogens with two attached hydrogens (primary N) is 1. The fourth-order valence-electron chi connectivity index (χ4n) is 2.01. The molecule has 0 saturated carbocycles. The lowest BCUT2D eigenvalue weighted by Gasteiger charge is -2.20. The summed E-state index contributed by atoms with van der Waals surface area (Å²) >= 11 is 0. The molecule has 1 aromatic heterocycles. The number of nitro groups is 1. The average molecular weight is 290 g/mol. The molecule has 1 aromatic rings. The van der Waals surface area contributed by atoms with Crippen LogP contribution < -0.4 is 5.14 Å². The minimum Gasteiger partial charge on any atom is -0.381 e. The third-order valence-electron chi connectivity index (χ3n) is 2.98. The Labute approximate surface area is 109 Å². The van der Waals surface area contributed by atoms with Crippen LogP contribution in [-0.4, -0.2) is 36.3 Å². The van der Waals surface area contributed by atoms with Crippen LogP contribution in [0.5, 0.6) is 0 Å². The molecule has 106 valence electrons. The SMILES string of the molecule is NS(=O)(=O)c1cn(CC2CCOCC2)nc1[N+](=O)[O-]. The van der Waals surface area contributed by atoms with E-state index in [9.17, 15) is 18.5 Å². The van der Waals surface area contributed by atoms with Crippen molar-refractivity contribution in [1.82, 2.24) is 9.78 Å². The fourth-order valence-corrected chi connectivity index (χ4v) is 2.65. The first-order valence-corrected chi connectivity index (χ1v) is 7.25. The van der Waals surface area contributed by atoms with Crippen molar-refractivity contribution in [2.75, 3.05) is 13.2 Å². The highest BCUT2D eigenvalue weighted by atomic mass is 32.2. The third kappa shape index (κ3) is 3.28. The van der Waals surface area contributed by atoms with Crippen LogP contribution in [0.2, 0.25) is 0 Å². The summed E-state index contributed by atoms with van der Waals surface area (Å²) in [5.41, 5.74) is 0. The van der Waals surface area contributed by atoms with Crippen LogP contribution in [0.3, 0.4) is 0 Å². The van der Waals surface area contributed by atoms with Crippen molar-refractivity contribution in [2.24, 2.45) is 11.1 Å². The molecule has 2 rings (SSSR count). The number of hydrogen-bond donors (Lipinski definition) is 1. The quantitative estimate of drug-likeness (QED) is 0.607. The topological polar surface area (TPSA) is 130 Å². The van der Waals surface area contributed by atoms with Crippen molar-refractivity contribution in [3.8, 4) is 0 Å². The van der Waals surface area contributed by atoms with Crippen LogP contribution >= 0.6 is 0 Å². The molecule has 0 spiro atoms. The Morgan fingerprint density at radius 2 is 2.16 bits per heavy atom. The van der Waals surface area contributed by atoms with Gasteiger partial charge in [0.05, 0.1) is 17.8 Å². The molecule has 2 N–H and O–H groups in total. The van der Waals surface area contributed by atoms with E-state index in [1.165, 1.54) is 4.68 Å². The van der Waals surface area contributed by atoms with Gasteiger partial charge in [-0.25, -0.2) is 13.6 Å². The van der Waals surface area contributed by atoms with Gasteiger partial charge in [-0.1, -0.05) is 0 Å². The molecule has 10 heteroatoms. The molecule has 1 fully saturated rings. The zero-order valence-corrected chi connectivity index (χ0v) is 10.9. The normalized spacial score (nSPS) is 17.5. The summed E-state index contributed by atoms with van der Waals surface area (Å²) in [6.07, 6.45) is 2.75. The summed E-state index contributed by atoms with van der Waals surface area (Å²) in [4.78, 5) is 9.37. The molecule has 0 aliphatic carbocycles. The summed E-state index contributed by atoms with van der Waals surface area (Å²) in [5, 5.41) is 19.4. The standard InChI is InChI=1S/C9H14N4O5S/c10-19(16,17)8-6-12(11-9(8)13(14)15)5-7-1-3-18-4-2-7/h6-7H,1-5H2,(H2,10,16,17). The number of primary sulfonamides is 1. The van der Waals surface area contributed by atoms with Gasteiger partial charge < -0.3 is 14.9 Å². The second kappa shape index (κ2) is 5.23. The maximum atomic E-state index is 11.3. The molecule has 0 radical (unpaired) electrons. The van der Waals surface area contributed by atoms with Crippen molar-refractivity contribution in [1.29, 1.82) is 0 Å². The Hall–Kier alpha value is -1.52. The lowest BCUT2D eigenvalue weighted by Crippen LogP contribution is -2.20. The number of ether oxygens (including phenoxy) is 1. The molecule has 1 saturated heterocycles. The van der Waals surface area contributed by atoms with Gasteiger partial charge in [-0.3, -0.25) is 0 Å². The van der Waals surface area contributed by atoms with E-state index >= 15 is 0 Å². The van der Waals surface area contributed by atoms with Crippen molar-refractivity contribution < 1.29 is 18.1 Å². The minimum atomic E-state index is -4.15. The monoisotopic (exact) mass is 290 g/mol. The van der Waals surface area contributed by atoms with Crippen molar-refractivity contribution in [3.63, 3.8) is 0 Å². The zero-order chi connectivity index (χ0) is 14.0. The predicted octanol–water partition coefficient (Wildman–Crippen LogP) is -0.135. The van der Waals surface area contributed by atoms with Gasteiger partial charge in [-0.05, 0) is 23.7 Å². The van der Waals surface area contributed by atoms with Gasteiger partial charge in [0.15, 0.2) is 0 Å². The number of sulfonamides is 1. The molecule has 0 bridgehead atoms. The van der Waals surface area contributed by atoms with Crippen LogP contribution in [-0.2, 0) is 21.3 Å². The van der Waals surface area contributed by atoms with Gasteiger partial charge in [0.25, 0.3) is 0 Å². The molecule has 9 nitrogen and oxygen atoms in total. The van der Waals surface area contributed by atoms with Gasteiger partial charge in [0, 0.05) is 13.2 Å². The molecule has 0 unspecified atom stereocenters. The Bertz CT molecular complexity index is 575. The predicted molar refractivity (Wildman–Crippen MR) is 63.8 cm³/mol. The van der Waals surface area contributed by atoms with Gasteiger partial charge in [0.1, 0.15) is 0 Å². The lowest BCUT2D eigenvalue weighted by molar-refractivity contribution is -0.392. The second-order valence-corrected chi connectivity index (χ2v) is 5.93.